The number of amides is 1. The Morgan fingerprint density at radius 1 is 1.00 bits per heavy atom. The number of carbonyl (C=O) groups excluding carboxylic acids is 1. The van der Waals surface area contributed by atoms with Crippen LogP contribution in [0, 0.1) is 5.92 Å². The van der Waals surface area contributed by atoms with Crippen LogP contribution in [0.4, 0.5) is 4.79 Å². The molecule has 3 saturated heterocycles. The van der Waals surface area contributed by atoms with E-state index in [1.807, 2.05) is 4.90 Å². The number of likely N-dealkylation sites (tertiary alicyclic amines) is 2. The summed E-state index contributed by atoms with van der Waals surface area (Å²) >= 11 is 0. The Bertz CT molecular complexity index is 478. The maximum absolute atomic E-state index is 12.1. The smallest absolute Gasteiger partial charge is 0.411 e. The molecule has 0 aromatic heterocycles. The quantitative estimate of drug-likeness (QED) is 0.776. The first kappa shape index (κ1) is 18.0. The molecule has 3 heterocycles. The largest absolute Gasteiger partial charge is 0.438 e. The fraction of sp³-hybridized carbons (Fsp3) is 0.947. The highest BCUT2D eigenvalue weighted by Crippen LogP contribution is 2.36. The van der Waals surface area contributed by atoms with E-state index in [4.69, 9.17) is 4.74 Å². The second kappa shape index (κ2) is 5.87. The molecule has 3 aliphatic heterocycles. The first-order valence-electron chi connectivity index (χ1n) is 9.47. The minimum absolute atomic E-state index is 0.138. The Labute approximate surface area is 147 Å². The molecule has 3 rings (SSSR count). The number of ether oxygens (including phenoxy) is 1. The number of hydrogen-bond acceptors (Lipinski definition) is 4. The molecule has 0 bridgehead atoms. The molecule has 0 aromatic rings. The third kappa shape index (κ3) is 3.57. The predicted molar refractivity (Wildman–Crippen MR) is 96.2 cm³/mol. The molecule has 0 unspecified atom stereocenters. The van der Waals surface area contributed by atoms with E-state index >= 15 is 0 Å². The summed E-state index contributed by atoms with van der Waals surface area (Å²) in [5, 5.41) is 0. The molecule has 0 aromatic carbocycles. The van der Waals surface area contributed by atoms with Crippen molar-refractivity contribution >= 4 is 6.09 Å². The lowest BCUT2D eigenvalue weighted by molar-refractivity contribution is -0.0828. The first-order chi connectivity index (χ1) is 11.0. The molecular weight excluding hydrogens is 302 g/mol. The van der Waals surface area contributed by atoms with Crippen LogP contribution in [0.2, 0.25) is 0 Å². The standard InChI is InChI=1S/C19H35N3O2/c1-17(2,3)21-9-7-15(8-10-21)11-20-12-19(13-20)14-22(16(23)24-19)18(4,5)6/h15H,7-14H2,1-6H3. The van der Waals surface area contributed by atoms with Crippen molar-refractivity contribution in [3.8, 4) is 0 Å². The van der Waals surface area contributed by atoms with Gasteiger partial charge in [-0.05, 0) is 73.4 Å². The van der Waals surface area contributed by atoms with Crippen LogP contribution in [0.5, 0.6) is 0 Å². The lowest BCUT2D eigenvalue weighted by Gasteiger charge is -2.48. The summed E-state index contributed by atoms with van der Waals surface area (Å²) in [6, 6.07) is 0. The molecule has 0 atom stereocenters. The number of rotatable bonds is 2. The summed E-state index contributed by atoms with van der Waals surface area (Å²) in [5.74, 6) is 0.789. The lowest BCUT2D eigenvalue weighted by atomic mass is 9.88. The van der Waals surface area contributed by atoms with Crippen molar-refractivity contribution in [3.05, 3.63) is 0 Å². The molecule has 138 valence electrons. The number of carbonyl (C=O) groups is 1. The summed E-state index contributed by atoms with van der Waals surface area (Å²) in [5.41, 5.74) is -0.0997. The monoisotopic (exact) mass is 337 g/mol. The van der Waals surface area contributed by atoms with Crippen LogP contribution in [-0.2, 0) is 4.74 Å². The highest BCUT2D eigenvalue weighted by atomic mass is 16.6. The van der Waals surface area contributed by atoms with E-state index in [0.717, 1.165) is 32.1 Å². The normalized spacial score (nSPS) is 26.8. The highest BCUT2D eigenvalue weighted by Gasteiger charge is 2.55. The van der Waals surface area contributed by atoms with Crippen molar-refractivity contribution in [3.63, 3.8) is 0 Å². The minimum atomic E-state index is -0.240. The van der Waals surface area contributed by atoms with Crippen LogP contribution in [0.25, 0.3) is 0 Å². The van der Waals surface area contributed by atoms with Crippen molar-refractivity contribution in [1.29, 1.82) is 0 Å². The minimum Gasteiger partial charge on any atom is -0.438 e. The van der Waals surface area contributed by atoms with E-state index in [9.17, 15) is 4.79 Å². The molecule has 24 heavy (non-hydrogen) atoms. The van der Waals surface area contributed by atoms with Gasteiger partial charge in [0.05, 0.1) is 6.54 Å². The van der Waals surface area contributed by atoms with Gasteiger partial charge in [0, 0.05) is 30.7 Å². The molecule has 1 amide bonds. The van der Waals surface area contributed by atoms with E-state index in [1.165, 1.54) is 25.9 Å². The van der Waals surface area contributed by atoms with Crippen molar-refractivity contribution in [2.75, 3.05) is 39.3 Å². The summed E-state index contributed by atoms with van der Waals surface area (Å²) in [4.78, 5) is 19.1. The molecule has 0 aliphatic carbocycles. The Morgan fingerprint density at radius 3 is 2.04 bits per heavy atom. The fourth-order valence-electron chi connectivity index (χ4n) is 4.35. The Balaban J connectivity index is 1.45. The number of piperidine rings is 1. The zero-order chi connectivity index (χ0) is 17.8. The van der Waals surface area contributed by atoms with E-state index in [1.54, 1.807) is 0 Å². The van der Waals surface area contributed by atoms with Gasteiger partial charge in [0.1, 0.15) is 0 Å². The number of hydrogen-bond donors (Lipinski definition) is 0. The van der Waals surface area contributed by atoms with Crippen LogP contribution in [0.15, 0.2) is 0 Å². The predicted octanol–water partition coefficient (Wildman–Crippen LogP) is 2.80. The fourth-order valence-corrected chi connectivity index (χ4v) is 4.35. The van der Waals surface area contributed by atoms with Crippen LogP contribution in [0.3, 0.4) is 0 Å². The molecule has 0 radical (unpaired) electrons. The van der Waals surface area contributed by atoms with Crippen molar-refractivity contribution < 1.29 is 9.53 Å². The SMILES string of the molecule is CC(C)(C)N1CCC(CN2CC3(C2)CN(C(C)(C)C)C(=O)O3)CC1. The lowest BCUT2D eigenvalue weighted by Crippen LogP contribution is -2.65. The van der Waals surface area contributed by atoms with Gasteiger partial charge in [0.15, 0.2) is 5.60 Å². The molecule has 0 N–H and O–H groups in total. The van der Waals surface area contributed by atoms with Crippen molar-refractivity contribution in [1.82, 2.24) is 14.7 Å². The van der Waals surface area contributed by atoms with Gasteiger partial charge in [-0.15, -0.1) is 0 Å². The van der Waals surface area contributed by atoms with E-state index in [2.05, 4.69) is 51.3 Å². The average molecular weight is 338 g/mol. The topological polar surface area (TPSA) is 36.0 Å². The van der Waals surface area contributed by atoms with Gasteiger partial charge in [-0.1, -0.05) is 0 Å². The van der Waals surface area contributed by atoms with Crippen LogP contribution >= 0.6 is 0 Å². The number of nitrogens with zero attached hydrogens (tertiary/aromatic N) is 3. The summed E-state index contributed by atoms with van der Waals surface area (Å²) in [6.07, 6.45) is 2.43. The van der Waals surface area contributed by atoms with Gasteiger partial charge in [-0.2, -0.15) is 0 Å². The average Bonchev–Trinajstić information content (AvgIpc) is 2.76. The van der Waals surface area contributed by atoms with Crippen molar-refractivity contribution in [2.24, 2.45) is 5.92 Å². The van der Waals surface area contributed by atoms with Crippen LogP contribution in [0.1, 0.15) is 54.4 Å². The second-order valence-corrected chi connectivity index (χ2v) is 10.1. The van der Waals surface area contributed by atoms with E-state index in [0.29, 0.717) is 5.54 Å². The Morgan fingerprint density at radius 2 is 1.58 bits per heavy atom. The van der Waals surface area contributed by atoms with Crippen molar-refractivity contribution in [2.45, 2.75) is 71.1 Å². The van der Waals surface area contributed by atoms with Gasteiger partial charge < -0.3 is 4.74 Å². The molecular formula is C19H35N3O2. The molecule has 3 fully saturated rings. The molecule has 0 saturated carbocycles. The Kier molecular flexibility index (Phi) is 4.40. The first-order valence-corrected chi connectivity index (χ1v) is 9.47. The summed E-state index contributed by atoms with van der Waals surface area (Å²) in [7, 11) is 0. The zero-order valence-electron chi connectivity index (χ0n) is 16.4. The molecule has 5 heteroatoms. The second-order valence-electron chi connectivity index (χ2n) is 10.1. The third-order valence-corrected chi connectivity index (χ3v) is 5.88. The molecule has 5 nitrogen and oxygen atoms in total. The Hall–Kier alpha value is -0.810. The van der Waals surface area contributed by atoms with Gasteiger partial charge in [-0.25, -0.2) is 4.79 Å². The highest BCUT2D eigenvalue weighted by molar-refractivity contribution is 5.72. The summed E-state index contributed by atoms with van der Waals surface area (Å²) in [6.45, 7) is 19.3. The van der Waals surface area contributed by atoms with Gasteiger partial charge in [-0.3, -0.25) is 14.7 Å². The third-order valence-electron chi connectivity index (χ3n) is 5.88. The molecule has 1 spiro atoms. The van der Waals surface area contributed by atoms with Gasteiger partial charge in [0.25, 0.3) is 0 Å². The van der Waals surface area contributed by atoms with E-state index < -0.39 is 0 Å². The maximum Gasteiger partial charge on any atom is 0.411 e. The summed E-state index contributed by atoms with van der Waals surface area (Å²) < 4.78 is 5.74. The zero-order valence-corrected chi connectivity index (χ0v) is 16.4. The molecule has 3 aliphatic rings. The van der Waals surface area contributed by atoms with Gasteiger partial charge in [0.2, 0.25) is 0 Å². The van der Waals surface area contributed by atoms with Crippen LogP contribution < -0.4 is 0 Å². The van der Waals surface area contributed by atoms with E-state index in [-0.39, 0.29) is 17.2 Å². The van der Waals surface area contributed by atoms with Gasteiger partial charge >= 0.3 is 6.09 Å². The maximum atomic E-state index is 12.1. The van der Waals surface area contributed by atoms with Crippen LogP contribution in [-0.4, -0.2) is 76.7 Å².